The smallest absolute Gasteiger partial charge is 0.274 e. The molecule has 0 aliphatic heterocycles. The standard InChI is InChI=1S/C12H15N3O3S2/c16-20(17,15-5-10-7-19-8-14-10)12-4-3-11(18-12)6-13-9-1-2-9/h3-4,7-9,13,15H,1-2,5-6H2. The maximum Gasteiger partial charge on any atom is 0.274 e. The summed E-state index contributed by atoms with van der Waals surface area (Å²) < 4.78 is 31.9. The molecule has 0 radical (unpaired) electrons. The molecule has 0 saturated heterocycles. The molecule has 1 aliphatic rings. The number of rotatable bonds is 7. The Balaban J connectivity index is 1.61. The zero-order valence-electron chi connectivity index (χ0n) is 10.7. The second-order valence-corrected chi connectivity index (χ2v) is 7.10. The van der Waals surface area contributed by atoms with Crippen molar-refractivity contribution in [3.8, 4) is 0 Å². The van der Waals surface area contributed by atoms with Crippen molar-refractivity contribution in [3.63, 3.8) is 0 Å². The van der Waals surface area contributed by atoms with Crippen LogP contribution in [0, 0.1) is 0 Å². The molecule has 6 nitrogen and oxygen atoms in total. The van der Waals surface area contributed by atoms with Gasteiger partial charge in [-0.1, -0.05) is 0 Å². The summed E-state index contributed by atoms with van der Waals surface area (Å²) in [6.07, 6.45) is 2.36. The molecular formula is C12H15N3O3S2. The lowest BCUT2D eigenvalue weighted by molar-refractivity contribution is 0.399. The van der Waals surface area contributed by atoms with Gasteiger partial charge in [-0.3, -0.25) is 0 Å². The molecule has 108 valence electrons. The van der Waals surface area contributed by atoms with Crippen LogP contribution in [0.25, 0.3) is 0 Å². The molecule has 0 amide bonds. The average Bonchev–Trinajstić information content (AvgIpc) is 2.94. The Bertz CT molecular complexity index is 660. The van der Waals surface area contributed by atoms with Crippen LogP contribution in [0.5, 0.6) is 0 Å². The van der Waals surface area contributed by atoms with Crippen molar-refractivity contribution >= 4 is 21.4 Å². The summed E-state index contributed by atoms with van der Waals surface area (Å²) in [5, 5.41) is 5.02. The van der Waals surface area contributed by atoms with Crippen LogP contribution < -0.4 is 10.0 Å². The van der Waals surface area contributed by atoms with Gasteiger partial charge in [0.05, 0.1) is 24.3 Å². The predicted octanol–water partition coefficient (Wildman–Crippen LogP) is 1.47. The first-order chi connectivity index (χ1) is 9.63. The Hall–Kier alpha value is -1.22. The third-order valence-electron chi connectivity index (χ3n) is 2.97. The Labute approximate surface area is 121 Å². The molecule has 1 fully saturated rings. The van der Waals surface area contributed by atoms with Gasteiger partial charge in [-0.05, 0) is 25.0 Å². The van der Waals surface area contributed by atoms with E-state index in [2.05, 4.69) is 15.0 Å². The lowest BCUT2D eigenvalue weighted by atomic mass is 10.4. The van der Waals surface area contributed by atoms with Crippen LogP contribution >= 0.6 is 11.3 Å². The highest BCUT2D eigenvalue weighted by atomic mass is 32.2. The summed E-state index contributed by atoms with van der Waals surface area (Å²) in [7, 11) is -3.62. The van der Waals surface area contributed by atoms with Crippen molar-refractivity contribution in [1.82, 2.24) is 15.0 Å². The van der Waals surface area contributed by atoms with Gasteiger partial charge in [0.25, 0.3) is 10.0 Å². The number of nitrogens with zero attached hydrogens (tertiary/aromatic N) is 1. The fraction of sp³-hybridized carbons (Fsp3) is 0.417. The van der Waals surface area contributed by atoms with Gasteiger partial charge in [0.15, 0.2) is 0 Å². The van der Waals surface area contributed by atoms with Gasteiger partial charge in [-0.2, -0.15) is 0 Å². The van der Waals surface area contributed by atoms with Crippen LogP contribution in [0.1, 0.15) is 24.3 Å². The molecule has 0 aromatic carbocycles. The third-order valence-corrected chi connectivity index (χ3v) is 4.88. The quantitative estimate of drug-likeness (QED) is 0.808. The van der Waals surface area contributed by atoms with Crippen molar-refractivity contribution < 1.29 is 12.8 Å². The van der Waals surface area contributed by atoms with Crippen LogP contribution in [-0.2, 0) is 23.1 Å². The van der Waals surface area contributed by atoms with Gasteiger partial charge in [-0.15, -0.1) is 11.3 Å². The van der Waals surface area contributed by atoms with E-state index in [1.54, 1.807) is 17.0 Å². The molecular weight excluding hydrogens is 298 g/mol. The number of aromatic nitrogens is 1. The van der Waals surface area contributed by atoms with Gasteiger partial charge >= 0.3 is 0 Å². The highest BCUT2D eigenvalue weighted by molar-refractivity contribution is 7.89. The van der Waals surface area contributed by atoms with E-state index in [1.807, 2.05) is 0 Å². The van der Waals surface area contributed by atoms with Gasteiger partial charge in [-0.25, -0.2) is 18.1 Å². The Morgan fingerprint density at radius 1 is 1.35 bits per heavy atom. The molecule has 0 spiro atoms. The normalized spacial score (nSPS) is 15.6. The molecule has 20 heavy (non-hydrogen) atoms. The Kier molecular flexibility index (Phi) is 3.88. The molecule has 0 unspecified atom stereocenters. The highest BCUT2D eigenvalue weighted by Crippen LogP contribution is 2.20. The molecule has 3 rings (SSSR count). The van der Waals surface area contributed by atoms with Crippen LogP contribution in [0.15, 0.2) is 32.5 Å². The lowest BCUT2D eigenvalue weighted by Crippen LogP contribution is -2.23. The zero-order valence-corrected chi connectivity index (χ0v) is 12.3. The van der Waals surface area contributed by atoms with Crippen LogP contribution in [-0.4, -0.2) is 19.4 Å². The van der Waals surface area contributed by atoms with E-state index in [9.17, 15) is 8.42 Å². The zero-order chi connectivity index (χ0) is 14.0. The van der Waals surface area contributed by atoms with Crippen molar-refractivity contribution in [2.24, 2.45) is 0 Å². The lowest BCUT2D eigenvalue weighted by Gasteiger charge is -2.02. The van der Waals surface area contributed by atoms with Gasteiger partial charge in [0, 0.05) is 11.4 Å². The maximum atomic E-state index is 12.0. The summed E-state index contributed by atoms with van der Waals surface area (Å²) in [5.74, 6) is 0.630. The summed E-state index contributed by atoms with van der Waals surface area (Å²) >= 11 is 1.43. The largest absolute Gasteiger partial charge is 0.447 e. The number of sulfonamides is 1. The van der Waals surface area contributed by atoms with Crippen LogP contribution in [0.3, 0.4) is 0 Å². The third kappa shape index (κ3) is 3.45. The molecule has 0 bridgehead atoms. The molecule has 0 atom stereocenters. The number of hydrogen-bond acceptors (Lipinski definition) is 6. The second-order valence-electron chi connectivity index (χ2n) is 4.68. The molecule has 1 saturated carbocycles. The number of thiazole rings is 1. The first kappa shape index (κ1) is 13.7. The van der Waals surface area contributed by atoms with E-state index in [-0.39, 0.29) is 11.6 Å². The van der Waals surface area contributed by atoms with E-state index < -0.39 is 10.0 Å². The van der Waals surface area contributed by atoms with Gasteiger partial charge in [0.1, 0.15) is 5.76 Å². The van der Waals surface area contributed by atoms with Crippen molar-refractivity contribution in [2.45, 2.75) is 37.1 Å². The first-order valence-corrected chi connectivity index (χ1v) is 8.75. The van der Waals surface area contributed by atoms with Gasteiger partial charge in [0.2, 0.25) is 5.09 Å². The second kappa shape index (κ2) is 5.65. The minimum absolute atomic E-state index is 0.0553. The van der Waals surface area contributed by atoms with E-state index in [1.165, 1.54) is 30.2 Å². The fourth-order valence-corrected chi connectivity index (χ4v) is 3.20. The first-order valence-electron chi connectivity index (χ1n) is 6.32. The van der Waals surface area contributed by atoms with Crippen LogP contribution in [0.4, 0.5) is 0 Å². The number of furan rings is 1. The number of nitrogens with one attached hydrogen (secondary N) is 2. The minimum Gasteiger partial charge on any atom is -0.447 e. The predicted molar refractivity (Wildman–Crippen MR) is 74.7 cm³/mol. The topological polar surface area (TPSA) is 84.2 Å². The molecule has 1 aliphatic carbocycles. The summed E-state index contributed by atoms with van der Waals surface area (Å²) in [5.41, 5.74) is 2.36. The van der Waals surface area contributed by atoms with E-state index >= 15 is 0 Å². The fourth-order valence-electron chi connectivity index (χ4n) is 1.69. The van der Waals surface area contributed by atoms with Crippen molar-refractivity contribution in [3.05, 3.63) is 34.5 Å². The summed E-state index contributed by atoms with van der Waals surface area (Å²) in [6, 6.07) is 3.73. The highest BCUT2D eigenvalue weighted by Gasteiger charge is 2.22. The summed E-state index contributed by atoms with van der Waals surface area (Å²) in [6.45, 7) is 0.731. The monoisotopic (exact) mass is 313 g/mol. The number of hydrogen-bond donors (Lipinski definition) is 2. The average molecular weight is 313 g/mol. The van der Waals surface area contributed by atoms with Crippen molar-refractivity contribution in [1.29, 1.82) is 0 Å². The molecule has 8 heteroatoms. The SMILES string of the molecule is O=S(=O)(NCc1cscn1)c1ccc(CNC2CC2)o1. The van der Waals surface area contributed by atoms with Crippen LogP contribution in [0.2, 0.25) is 0 Å². The van der Waals surface area contributed by atoms with E-state index in [4.69, 9.17) is 4.42 Å². The van der Waals surface area contributed by atoms with Crippen molar-refractivity contribution in [2.75, 3.05) is 0 Å². The molecule has 2 aromatic rings. The Morgan fingerprint density at radius 3 is 2.90 bits per heavy atom. The molecule has 2 N–H and O–H groups in total. The van der Waals surface area contributed by atoms with E-state index in [0.717, 1.165) is 0 Å². The van der Waals surface area contributed by atoms with Gasteiger partial charge < -0.3 is 9.73 Å². The maximum absolute atomic E-state index is 12.0. The van der Waals surface area contributed by atoms with E-state index in [0.29, 0.717) is 24.0 Å². The summed E-state index contributed by atoms with van der Waals surface area (Å²) in [4.78, 5) is 4.02. The minimum atomic E-state index is -3.62. The molecule has 2 aromatic heterocycles. The Morgan fingerprint density at radius 2 is 2.20 bits per heavy atom. The molecule has 2 heterocycles.